The van der Waals surface area contributed by atoms with Crippen LogP contribution in [-0.4, -0.2) is 6.61 Å². The van der Waals surface area contributed by atoms with Gasteiger partial charge in [-0.25, -0.2) is 0 Å². The second kappa shape index (κ2) is 3.09. The minimum Gasteiger partial charge on any atom is -0.365 e. The van der Waals surface area contributed by atoms with Gasteiger partial charge in [0, 0.05) is 0 Å². The van der Waals surface area contributed by atoms with Gasteiger partial charge in [-0.15, -0.1) is 0 Å². The molecule has 1 aliphatic heterocycles. The first-order valence-corrected chi connectivity index (χ1v) is 5.28. The van der Waals surface area contributed by atoms with Crippen molar-refractivity contribution in [1.82, 2.24) is 0 Å². The van der Waals surface area contributed by atoms with Crippen LogP contribution in [0.25, 0.3) is 0 Å². The maximum absolute atomic E-state index is 5.50. The van der Waals surface area contributed by atoms with Crippen molar-refractivity contribution >= 4 is 0 Å². The minimum atomic E-state index is 0.00891. The van der Waals surface area contributed by atoms with Crippen molar-refractivity contribution in [2.45, 2.75) is 39.2 Å². The number of hydrogen-bond donors (Lipinski definition) is 0. The Bertz CT molecular complexity index is 348. The van der Waals surface area contributed by atoms with E-state index in [1.807, 2.05) is 0 Å². The summed E-state index contributed by atoms with van der Waals surface area (Å²) in [6, 6.07) is 6.72. The van der Waals surface area contributed by atoms with Crippen molar-refractivity contribution in [3.8, 4) is 0 Å². The van der Waals surface area contributed by atoms with Crippen LogP contribution in [0.2, 0.25) is 0 Å². The van der Waals surface area contributed by atoms with Crippen LogP contribution in [0.3, 0.4) is 0 Å². The lowest BCUT2D eigenvalue weighted by molar-refractivity contribution is 0.328. The summed E-state index contributed by atoms with van der Waals surface area (Å²) in [5, 5.41) is 0. The topological polar surface area (TPSA) is 12.5 Å². The van der Waals surface area contributed by atoms with Gasteiger partial charge in [0.1, 0.15) is 5.60 Å². The molecule has 1 aromatic rings. The second-order valence-electron chi connectivity index (χ2n) is 4.75. The normalized spacial score (nSPS) is 25.5. The maximum atomic E-state index is 5.50. The van der Waals surface area contributed by atoms with Crippen LogP contribution >= 0.6 is 0 Å². The van der Waals surface area contributed by atoms with E-state index in [1.165, 1.54) is 16.7 Å². The highest BCUT2D eigenvalue weighted by atomic mass is 16.6. The Morgan fingerprint density at radius 1 is 1.36 bits per heavy atom. The third-order valence-electron chi connectivity index (χ3n) is 3.08. The number of aryl methyl sites for hydroxylation is 1. The van der Waals surface area contributed by atoms with Crippen LogP contribution in [0.5, 0.6) is 0 Å². The molecule has 76 valence electrons. The Balaban J connectivity index is 2.43. The summed E-state index contributed by atoms with van der Waals surface area (Å²) >= 11 is 0. The monoisotopic (exact) mass is 190 g/mol. The molecule has 1 heteroatoms. The molecule has 0 aromatic heterocycles. The lowest BCUT2D eigenvalue weighted by atomic mass is 9.91. The number of rotatable bonds is 2. The number of benzene rings is 1. The van der Waals surface area contributed by atoms with E-state index >= 15 is 0 Å². The number of epoxide rings is 1. The van der Waals surface area contributed by atoms with Crippen molar-refractivity contribution in [3.05, 3.63) is 34.9 Å². The molecule has 0 aliphatic carbocycles. The Morgan fingerprint density at radius 2 is 2.00 bits per heavy atom. The van der Waals surface area contributed by atoms with E-state index in [-0.39, 0.29) is 5.60 Å². The van der Waals surface area contributed by atoms with Crippen molar-refractivity contribution in [3.63, 3.8) is 0 Å². The zero-order valence-corrected chi connectivity index (χ0v) is 9.42. The highest BCUT2D eigenvalue weighted by Crippen LogP contribution is 2.40. The fourth-order valence-electron chi connectivity index (χ4n) is 1.83. The molecule has 1 atom stereocenters. The van der Waals surface area contributed by atoms with Crippen molar-refractivity contribution in [2.75, 3.05) is 6.61 Å². The van der Waals surface area contributed by atoms with Crippen molar-refractivity contribution in [2.24, 2.45) is 0 Å². The van der Waals surface area contributed by atoms with E-state index in [0.717, 1.165) is 6.61 Å². The molecule has 1 nitrogen and oxygen atoms in total. The number of ether oxygens (including phenoxy) is 1. The van der Waals surface area contributed by atoms with E-state index < -0.39 is 0 Å². The number of hydrogen-bond acceptors (Lipinski definition) is 1. The van der Waals surface area contributed by atoms with Crippen LogP contribution in [0.1, 0.15) is 43.4 Å². The SMILES string of the molecule is Cc1ccc(C(C)C)cc1C1(C)CO1. The van der Waals surface area contributed by atoms with Gasteiger partial charge in [-0.2, -0.15) is 0 Å². The second-order valence-corrected chi connectivity index (χ2v) is 4.75. The van der Waals surface area contributed by atoms with Gasteiger partial charge in [0.05, 0.1) is 6.61 Å². The van der Waals surface area contributed by atoms with Gasteiger partial charge < -0.3 is 4.74 Å². The summed E-state index contributed by atoms with van der Waals surface area (Å²) in [7, 11) is 0. The molecule has 2 rings (SSSR count). The lowest BCUT2D eigenvalue weighted by Crippen LogP contribution is -2.06. The fourth-order valence-corrected chi connectivity index (χ4v) is 1.83. The Morgan fingerprint density at radius 3 is 2.50 bits per heavy atom. The average Bonchev–Trinajstić information content (AvgIpc) is 2.85. The summed E-state index contributed by atoms with van der Waals surface area (Å²) in [5.74, 6) is 0.594. The molecule has 1 unspecified atom stereocenters. The van der Waals surface area contributed by atoms with E-state index in [9.17, 15) is 0 Å². The zero-order chi connectivity index (χ0) is 10.3. The molecule has 0 saturated carbocycles. The Kier molecular flexibility index (Phi) is 2.15. The van der Waals surface area contributed by atoms with E-state index in [0.29, 0.717) is 5.92 Å². The summed E-state index contributed by atoms with van der Waals surface area (Å²) in [4.78, 5) is 0. The van der Waals surface area contributed by atoms with E-state index in [4.69, 9.17) is 4.74 Å². The molecule has 0 amide bonds. The third-order valence-corrected chi connectivity index (χ3v) is 3.08. The summed E-state index contributed by atoms with van der Waals surface area (Å²) < 4.78 is 5.50. The standard InChI is InChI=1S/C13H18O/c1-9(2)11-6-5-10(3)12(7-11)13(4)8-14-13/h5-7,9H,8H2,1-4H3. The first-order valence-electron chi connectivity index (χ1n) is 5.28. The average molecular weight is 190 g/mol. The predicted molar refractivity (Wildman–Crippen MR) is 58.6 cm³/mol. The van der Waals surface area contributed by atoms with E-state index in [1.54, 1.807) is 0 Å². The molecule has 0 radical (unpaired) electrons. The smallest absolute Gasteiger partial charge is 0.114 e. The Hall–Kier alpha value is -0.820. The van der Waals surface area contributed by atoms with Crippen molar-refractivity contribution in [1.29, 1.82) is 0 Å². The van der Waals surface area contributed by atoms with Gasteiger partial charge in [-0.3, -0.25) is 0 Å². The third kappa shape index (κ3) is 1.57. The van der Waals surface area contributed by atoms with Gasteiger partial charge in [-0.05, 0) is 36.5 Å². The Labute approximate surface area is 86.1 Å². The fraction of sp³-hybridized carbons (Fsp3) is 0.538. The molecule has 1 aliphatic rings. The maximum Gasteiger partial charge on any atom is 0.114 e. The first-order chi connectivity index (χ1) is 6.53. The lowest BCUT2D eigenvalue weighted by Gasteiger charge is -2.13. The molecule has 1 heterocycles. The molecule has 0 spiro atoms. The molecule has 1 aromatic carbocycles. The molecule has 14 heavy (non-hydrogen) atoms. The molecular weight excluding hydrogens is 172 g/mol. The van der Waals surface area contributed by atoms with Gasteiger partial charge in [-0.1, -0.05) is 32.0 Å². The van der Waals surface area contributed by atoms with Crippen LogP contribution in [-0.2, 0) is 10.3 Å². The minimum absolute atomic E-state index is 0.00891. The van der Waals surface area contributed by atoms with Gasteiger partial charge >= 0.3 is 0 Å². The highest BCUT2D eigenvalue weighted by Gasteiger charge is 2.42. The van der Waals surface area contributed by atoms with Crippen LogP contribution in [0, 0.1) is 6.92 Å². The predicted octanol–water partition coefficient (Wildman–Crippen LogP) is 3.36. The van der Waals surface area contributed by atoms with Gasteiger partial charge in [0.2, 0.25) is 0 Å². The van der Waals surface area contributed by atoms with Crippen LogP contribution < -0.4 is 0 Å². The van der Waals surface area contributed by atoms with Gasteiger partial charge in [0.15, 0.2) is 0 Å². The molecular formula is C13H18O. The van der Waals surface area contributed by atoms with Gasteiger partial charge in [0.25, 0.3) is 0 Å². The highest BCUT2D eigenvalue weighted by molar-refractivity contribution is 5.38. The van der Waals surface area contributed by atoms with E-state index in [2.05, 4.69) is 45.9 Å². The summed E-state index contributed by atoms with van der Waals surface area (Å²) in [6.07, 6.45) is 0. The molecule has 0 bridgehead atoms. The molecule has 0 N–H and O–H groups in total. The van der Waals surface area contributed by atoms with Crippen LogP contribution in [0.15, 0.2) is 18.2 Å². The largest absolute Gasteiger partial charge is 0.365 e. The summed E-state index contributed by atoms with van der Waals surface area (Å²) in [5.41, 5.74) is 4.12. The molecule has 1 saturated heterocycles. The van der Waals surface area contributed by atoms with Crippen molar-refractivity contribution < 1.29 is 4.74 Å². The molecule has 1 fully saturated rings. The zero-order valence-electron chi connectivity index (χ0n) is 9.42. The van der Waals surface area contributed by atoms with Crippen LogP contribution in [0.4, 0.5) is 0 Å². The summed E-state index contributed by atoms with van der Waals surface area (Å²) in [6.45, 7) is 9.65. The first kappa shape index (κ1) is 9.72. The quantitative estimate of drug-likeness (QED) is 0.651.